The van der Waals surface area contributed by atoms with Gasteiger partial charge in [0.25, 0.3) is 0 Å². The summed E-state index contributed by atoms with van der Waals surface area (Å²) >= 11 is 3.67. The lowest BCUT2D eigenvalue weighted by Gasteiger charge is -2.30. The molecule has 2 heterocycles. The van der Waals surface area contributed by atoms with Crippen LogP contribution in [0.4, 0.5) is 0 Å². The van der Waals surface area contributed by atoms with Gasteiger partial charge in [-0.2, -0.15) is 0 Å². The van der Waals surface area contributed by atoms with E-state index in [1.54, 1.807) is 0 Å². The highest BCUT2D eigenvalue weighted by atomic mass is 79.9. The van der Waals surface area contributed by atoms with Crippen LogP contribution in [0, 0.1) is 11.8 Å². The number of aromatic nitrogens is 3. The van der Waals surface area contributed by atoms with Crippen LogP contribution in [0.3, 0.4) is 0 Å². The predicted molar refractivity (Wildman–Crippen MR) is 98.3 cm³/mol. The van der Waals surface area contributed by atoms with Gasteiger partial charge in [0.15, 0.2) is 0 Å². The maximum absolute atomic E-state index is 6.11. The second-order valence-corrected chi connectivity index (χ2v) is 7.94. The Morgan fingerprint density at radius 3 is 2.67 bits per heavy atom. The monoisotopic (exact) mass is 392 g/mol. The molecule has 1 aromatic carbocycles. The number of rotatable bonds is 6. The lowest BCUT2D eigenvalue weighted by molar-refractivity contribution is 0.145. The fraction of sp³-hybridized carbons (Fsp3) is 0.667. The van der Waals surface area contributed by atoms with E-state index in [4.69, 9.17) is 4.74 Å². The molecule has 0 bridgehead atoms. The Balaban J connectivity index is 1.42. The quantitative estimate of drug-likeness (QED) is 0.751. The molecule has 6 heteroatoms. The highest BCUT2D eigenvalue weighted by Crippen LogP contribution is 2.35. The van der Waals surface area contributed by atoms with Crippen LogP contribution < -0.4 is 4.74 Å². The average molecular weight is 393 g/mol. The SMILES string of the molecule is CCN1CCC(COc2ccc3c(nnn3CC3CC3)c2Br)CC1. The normalized spacial score (nSPS) is 19.9. The number of piperidine rings is 1. The maximum Gasteiger partial charge on any atom is 0.135 e. The Labute approximate surface area is 151 Å². The molecule has 0 amide bonds. The summed E-state index contributed by atoms with van der Waals surface area (Å²) in [5.74, 6) is 2.33. The summed E-state index contributed by atoms with van der Waals surface area (Å²) < 4.78 is 9.08. The Bertz CT molecular complexity index is 704. The second-order valence-electron chi connectivity index (χ2n) is 7.15. The first-order valence-electron chi connectivity index (χ1n) is 9.11. The molecule has 1 saturated carbocycles. The Morgan fingerprint density at radius 2 is 1.96 bits per heavy atom. The predicted octanol–water partition coefficient (Wildman–Crippen LogP) is 3.71. The van der Waals surface area contributed by atoms with Crippen molar-refractivity contribution in [3.05, 3.63) is 16.6 Å². The zero-order chi connectivity index (χ0) is 16.5. The van der Waals surface area contributed by atoms with Crippen LogP contribution in [0.2, 0.25) is 0 Å². The first-order chi connectivity index (χ1) is 11.7. The molecular weight excluding hydrogens is 368 g/mol. The van der Waals surface area contributed by atoms with Gasteiger partial charge in [-0.25, -0.2) is 4.68 Å². The molecule has 0 spiro atoms. The molecule has 1 saturated heterocycles. The van der Waals surface area contributed by atoms with Gasteiger partial charge >= 0.3 is 0 Å². The summed E-state index contributed by atoms with van der Waals surface area (Å²) in [6.45, 7) is 7.56. The van der Waals surface area contributed by atoms with Gasteiger partial charge in [0, 0.05) is 6.54 Å². The van der Waals surface area contributed by atoms with E-state index >= 15 is 0 Å². The van der Waals surface area contributed by atoms with Crippen LogP contribution in [0.25, 0.3) is 11.0 Å². The number of benzene rings is 1. The molecule has 0 radical (unpaired) electrons. The van der Waals surface area contributed by atoms with Crippen molar-refractivity contribution < 1.29 is 4.74 Å². The van der Waals surface area contributed by atoms with E-state index in [2.05, 4.69) is 50.2 Å². The molecule has 5 nitrogen and oxygen atoms in total. The van der Waals surface area contributed by atoms with Crippen molar-refractivity contribution in [2.24, 2.45) is 11.8 Å². The highest BCUT2D eigenvalue weighted by molar-refractivity contribution is 9.10. The van der Waals surface area contributed by atoms with Crippen molar-refractivity contribution in [1.29, 1.82) is 0 Å². The third kappa shape index (κ3) is 3.45. The van der Waals surface area contributed by atoms with Gasteiger partial charge < -0.3 is 9.64 Å². The van der Waals surface area contributed by atoms with E-state index in [1.165, 1.54) is 38.8 Å². The van der Waals surface area contributed by atoms with Crippen molar-refractivity contribution in [2.75, 3.05) is 26.2 Å². The smallest absolute Gasteiger partial charge is 0.135 e. The number of fused-ring (bicyclic) bond motifs is 1. The Morgan fingerprint density at radius 1 is 1.17 bits per heavy atom. The fourth-order valence-corrected chi connectivity index (χ4v) is 3.98. The number of hydrogen-bond acceptors (Lipinski definition) is 4. The van der Waals surface area contributed by atoms with E-state index in [1.807, 2.05) is 4.68 Å². The van der Waals surface area contributed by atoms with Crippen molar-refractivity contribution in [3.8, 4) is 5.75 Å². The van der Waals surface area contributed by atoms with E-state index in [0.29, 0.717) is 5.92 Å². The standard InChI is InChI=1S/C18H25BrN4O/c1-2-22-9-7-14(8-10-22)12-24-16-6-5-15-18(17(16)19)20-21-23(15)11-13-3-4-13/h5-6,13-14H,2-4,7-12H2,1H3. The molecular formula is C18H25BrN4O. The van der Waals surface area contributed by atoms with Crippen LogP contribution in [0.5, 0.6) is 5.75 Å². The van der Waals surface area contributed by atoms with Crippen molar-refractivity contribution in [2.45, 2.75) is 39.2 Å². The molecule has 1 aromatic heterocycles. The van der Waals surface area contributed by atoms with Gasteiger partial charge in [0.2, 0.25) is 0 Å². The number of hydrogen-bond donors (Lipinski definition) is 0. The van der Waals surface area contributed by atoms with Crippen LogP contribution in [-0.4, -0.2) is 46.1 Å². The molecule has 0 atom stereocenters. The number of nitrogens with zero attached hydrogens (tertiary/aromatic N) is 4. The van der Waals surface area contributed by atoms with Crippen LogP contribution >= 0.6 is 15.9 Å². The minimum atomic E-state index is 0.654. The molecule has 2 aromatic rings. The van der Waals surface area contributed by atoms with E-state index < -0.39 is 0 Å². The third-order valence-electron chi connectivity index (χ3n) is 5.35. The van der Waals surface area contributed by atoms with Crippen molar-refractivity contribution in [1.82, 2.24) is 19.9 Å². The lowest BCUT2D eigenvalue weighted by Crippen LogP contribution is -2.35. The first-order valence-corrected chi connectivity index (χ1v) is 9.90. The molecule has 4 rings (SSSR count). The largest absolute Gasteiger partial charge is 0.492 e. The summed E-state index contributed by atoms with van der Waals surface area (Å²) in [5, 5.41) is 8.68. The summed E-state index contributed by atoms with van der Waals surface area (Å²) in [7, 11) is 0. The van der Waals surface area contributed by atoms with E-state index in [-0.39, 0.29) is 0 Å². The summed E-state index contributed by atoms with van der Waals surface area (Å²) in [4.78, 5) is 2.51. The highest BCUT2D eigenvalue weighted by Gasteiger charge is 2.24. The second kappa shape index (κ2) is 7.00. The van der Waals surface area contributed by atoms with Gasteiger partial charge in [-0.05, 0) is 85.2 Å². The van der Waals surface area contributed by atoms with Crippen molar-refractivity contribution >= 4 is 27.0 Å². The van der Waals surface area contributed by atoms with Crippen LogP contribution in [-0.2, 0) is 6.54 Å². The van der Waals surface area contributed by atoms with E-state index in [0.717, 1.165) is 46.9 Å². The fourth-order valence-electron chi connectivity index (χ4n) is 3.45. The zero-order valence-electron chi connectivity index (χ0n) is 14.2. The van der Waals surface area contributed by atoms with E-state index in [9.17, 15) is 0 Å². The molecule has 1 aliphatic carbocycles. The van der Waals surface area contributed by atoms with Gasteiger partial charge in [-0.3, -0.25) is 0 Å². The van der Waals surface area contributed by atoms with Gasteiger partial charge in [0.1, 0.15) is 11.3 Å². The third-order valence-corrected chi connectivity index (χ3v) is 6.11. The van der Waals surface area contributed by atoms with Gasteiger partial charge in [-0.15, -0.1) is 5.10 Å². The number of ether oxygens (including phenoxy) is 1. The maximum atomic E-state index is 6.11. The van der Waals surface area contributed by atoms with Gasteiger partial charge in [-0.1, -0.05) is 12.1 Å². The number of likely N-dealkylation sites (tertiary alicyclic amines) is 1. The van der Waals surface area contributed by atoms with Gasteiger partial charge in [0.05, 0.1) is 16.6 Å². The Kier molecular flexibility index (Phi) is 4.77. The summed E-state index contributed by atoms with van der Waals surface area (Å²) in [6.07, 6.45) is 5.09. The lowest BCUT2D eigenvalue weighted by atomic mass is 9.98. The summed E-state index contributed by atoms with van der Waals surface area (Å²) in [5.41, 5.74) is 2.01. The molecule has 130 valence electrons. The molecule has 1 aliphatic heterocycles. The Hall–Kier alpha value is -1.14. The topological polar surface area (TPSA) is 43.2 Å². The molecule has 0 N–H and O–H groups in total. The molecule has 0 unspecified atom stereocenters. The molecule has 2 fully saturated rings. The van der Waals surface area contributed by atoms with Crippen LogP contribution in [0.15, 0.2) is 16.6 Å². The zero-order valence-corrected chi connectivity index (χ0v) is 15.8. The minimum Gasteiger partial charge on any atom is -0.492 e. The molecule has 2 aliphatic rings. The number of halogens is 1. The van der Waals surface area contributed by atoms with Crippen LogP contribution in [0.1, 0.15) is 32.6 Å². The molecule has 24 heavy (non-hydrogen) atoms. The summed E-state index contributed by atoms with van der Waals surface area (Å²) in [6, 6.07) is 4.15. The minimum absolute atomic E-state index is 0.654. The first kappa shape index (κ1) is 16.3. The van der Waals surface area contributed by atoms with Crippen molar-refractivity contribution in [3.63, 3.8) is 0 Å². The average Bonchev–Trinajstić information content (AvgIpc) is 3.34.